The zero-order chi connectivity index (χ0) is 17.2. The van der Waals surface area contributed by atoms with E-state index in [2.05, 4.69) is 27.8 Å². The smallest absolute Gasteiger partial charge is 0.191 e. The van der Waals surface area contributed by atoms with E-state index in [4.69, 9.17) is 9.47 Å². The van der Waals surface area contributed by atoms with Gasteiger partial charge in [-0.25, -0.2) is 0 Å². The summed E-state index contributed by atoms with van der Waals surface area (Å²) in [6.07, 6.45) is 0. The van der Waals surface area contributed by atoms with Crippen LogP contribution in [0.2, 0.25) is 0 Å². The second-order valence-electron chi connectivity index (χ2n) is 5.33. The Bertz CT molecular complexity index is 654. The van der Waals surface area contributed by atoms with Gasteiger partial charge < -0.3 is 20.1 Å². The van der Waals surface area contributed by atoms with E-state index in [-0.39, 0.29) is 0 Å². The molecule has 0 aliphatic carbocycles. The van der Waals surface area contributed by atoms with Crippen LogP contribution in [0.5, 0.6) is 5.75 Å². The van der Waals surface area contributed by atoms with Crippen LogP contribution in [-0.2, 0) is 24.4 Å². The van der Waals surface area contributed by atoms with E-state index >= 15 is 0 Å². The second-order valence-corrected chi connectivity index (χ2v) is 5.33. The number of nitrogens with one attached hydrogen (secondary N) is 2. The fraction of sp³-hybridized carbons (Fsp3) is 0.316. The van der Waals surface area contributed by atoms with Crippen molar-refractivity contribution in [1.82, 2.24) is 10.6 Å². The van der Waals surface area contributed by atoms with Crippen LogP contribution in [-0.4, -0.2) is 27.2 Å². The largest absolute Gasteiger partial charge is 0.497 e. The van der Waals surface area contributed by atoms with Gasteiger partial charge in [0.2, 0.25) is 0 Å². The standard InChI is InChI=1S/C19H25N3O2/c1-20-19(21-12-15-8-10-18(24-3)11-9-15)22-13-16-6-4-5-7-17(16)14-23-2/h4-11H,12-14H2,1-3H3,(H2,20,21,22). The van der Waals surface area contributed by atoms with Crippen LogP contribution in [0, 0.1) is 0 Å². The highest BCUT2D eigenvalue weighted by Crippen LogP contribution is 2.11. The molecule has 0 spiro atoms. The summed E-state index contributed by atoms with van der Waals surface area (Å²) >= 11 is 0. The lowest BCUT2D eigenvalue weighted by molar-refractivity contribution is 0.184. The number of benzene rings is 2. The first-order valence-electron chi connectivity index (χ1n) is 7.90. The summed E-state index contributed by atoms with van der Waals surface area (Å²) in [6.45, 7) is 2.00. The van der Waals surface area contributed by atoms with Crippen molar-refractivity contribution in [3.8, 4) is 5.75 Å². The van der Waals surface area contributed by atoms with Crippen molar-refractivity contribution in [3.63, 3.8) is 0 Å². The van der Waals surface area contributed by atoms with Gasteiger partial charge in [0.1, 0.15) is 5.75 Å². The molecule has 0 fully saturated rings. The minimum atomic E-state index is 0.607. The average molecular weight is 327 g/mol. The molecular formula is C19H25N3O2. The molecule has 0 aliphatic heterocycles. The van der Waals surface area contributed by atoms with Crippen molar-refractivity contribution in [1.29, 1.82) is 0 Å². The summed E-state index contributed by atoms with van der Waals surface area (Å²) in [6, 6.07) is 16.2. The molecule has 0 aromatic heterocycles. The van der Waals surface area contributed by atoms with Gasteiger partial charge in [-0.05, 0) is 28.8 Å². The summed E-state index contributed by atoms with van der Waals surface area (Å²) < 4.78 is 10.4. The molecule has 24 heavy (non-hydrogen) atoms. The van der Waals surface area contributed by atoms with Crippen molar-refractivity contribution in [2.75, 3.05) is 21.3 Å². The highest BCUT2D eigenvalue weighted by molar-refractivity contribution is 5.79. The van der Waals surface area contributed by atoms with Gasteiger partial charge in [0.05, 0.1) is 13.7 Å². The van der Waals surface area contributed by atoms with E-state index in [1.807, 2.05) is 36.4 Å². The van der Waals surface area contributed by atoms with E-state index < -0.39 is 0 Å². The molecule has 2 rings (SSSR count). The van der Waals surface area contributed by atoms with Gasteiger partial charge in [-0.2, -0.15) is 0 Å². The molecular weight excluding hydrogens is 302 g/mol. The fourth-order valence-electron chi connectivity index (χ4n) is 2.35. The van der Waals surface area contributed by atoms with Gasteiger partial charge in [-0.3, -0.25) is 4.99 Å². The van der Waals surface area contributed by atoms with Crippen molar-refractivity contribution < 1.29 is 9.47 Å². The number of guanidine groups is 1. The zero-order valence-electron chi connectivity index (χ0n) is 14.5. The predicted octanol–water partition coefficient (Wildman–Crippen LogP) is 2.71. The first-order valence-corrected chi connectivity index (χ1v) is 7.90. The minimum absolute atomic E-state index is 0.607. The number of aliphatic imine (C=N–C) groups is 1. The highest BCUT2D eigenvalue weighted by atomic mass is 16.5. The molecule has 2 aromatic rings. The molecule has 128 valence electrons. The summed E-state index contributed by atoms with van der Waals surface area (Å²) in [7, 11) is 5.14. The van der Waals surface area contributed by atoms with Crippen LogP contribution in [0.25, 0.3) is 0 Å². The maximum atomic E-state index is 5.24. The van der Waals surface area contributed by atoms with Crippen molar-refractivity contribution in [3.05, 3.63) is 65.2 Å². The van der Waals surface area contributed by atoms with Gasteiger partial charge in [0.15, 0.2) is 5.96 Å². The normalized spacial score (nSPS) is 11.2. The topological polar surface area (TPSA) is 54.9 Å². The van der Waals surface area contributed by atoms with Crippen molar-refractivity contribution in [2.24, 2.45) is 4.99 Å². The molecule has 0 radical (unpaired) electrons. The average Bonchev–Trinajstić information content (AvgIpc) is 2.64. The Labute approximate surface area is 143 Å². The summed E-state index contributed by atoms with van der Waals surface area (Å²) in [5, 5.41) is 6.65. The quantitative estimate of drug-likeness (QED) is 0.606. The van der Waals surface area contributed by atoms with Gasteiger partial charge in [-0.1, -0.05) is 36.4 Å². The number of hydrogen-bond donors (Lipinski definition) is 2. The monoisotopic (exact) mass is 327 g/mol. The third kappa shape index (κ3) is 5.28. The van der Waals surface area contributed by atoms with Crippen molar-refractivity contribution >= 4 is 5.96 Å². The Balaban J connectivity index is 1.88. The molecule has 0 saturated heterocycles. The molecule has 2 N–H and O–H groups in total. The van der Waals surface area contributed by atoms with E-state index in [0.717, 1.165) is 11.7 Å². The van der Waals surface area contributed by atoms with Crippen LogP contribution in [0.1, 0.15) is 16.7 Å². The number of rotatable bonds is 7. The predicted molar refractivity (Wildman–Crippen MR) is 97.2 cm³/mol. The lowest BCUT2D eigenvalue weighted by Crippen LogP contribution is -2.36. The van der Waals surface area contributed by atoms with Crippen LogP contribution in [0.3, 0.4) is 0 Å². The molecule has 5 nitrogen and oxygen atoms in total. The Kier molecular flexibility index (Phi) is 7.11. The highest BCUT2D eigenvalue weighted by Gasteiger charge is 2.03. The number of nitrogens with zero attached hydrogens (tertiary/aromatic N) is 1. The minimum Gasteiger partial charge on any atom is -0.497 e. The number of methoxy groups -OCH3 is 2. The molecule has 0 atom stereocenters. The van der Waals surface area contributed by atoms with Crippen LogP contribution in [0.15, 0.2) is 53.5 Å². The van der Waals surface area contributed by atoms with Crippen LogP contribution >= 0.6 is 0 Å². The van der Waals surface area contributed by atoms with E-state index in [9.17, 15) is 0 Å². The number of ether oxygens (including phenoxy) is 2. The van der Waals surface area contributed by atoms with E-state index in [1.54, 1.807) is 21.3 Å². The third-order valence-corrected chi connectivity index (χ3v) is 3.71. The van der Waals surface area contributed by atoms with Crippen molar-refractivity contribution in [2.45, 2.75) is 19.7 Å². The maximum Gasteiger partial charge on any atom is 0.191 e. The van der Waals surface area contributed by atoms with E-state index in [0.29, 0.717) is 19.7 Å². The van der Waals surface area contributed by atoms with Crippen LogP contribution < -0.4 is 15.4 Å². The Hall–Kier alpha value is -2.53. The molecule has 0 aliphatic rings. The second kappa shape index (κ2) is 9.57. The SMILES string of the molecule is CN=C(NCc1ccc(OC)cc1)NCc1ccccc1COC. The first kappa shape index (κ1) is 17.8. The Morgan fingerprint density at radius 1 is 0.917 bits per heavy atom. The van der Waals surface area contributed by atoms with Gasteiger partial charge in [0, 0.05) is 27.2 Å². The molecule has 0 bridgehead atoms. The Morgan fingerprint density at radius 3 is 2.21 bits per heavy atom. The number of hydrogen-bond acceptors (Lipinski definition) is 3. The summed E-state index contributed by atoms with van der Waals surface area (Å²) in [5.41, 5.74) is 3.54. The molecule has 5 heteroatoms. The zero-order valence-corrected chi connectivity index (χ0v) is 14.5. The third-order valence-electron chi connectivity index (χ3n) is 3.71. The molecule has 0 unspecified atom stereocenters. The Morgan fingerprint density at radius 2 is 1.58 bits per heavy atom. The first-order chi connectivity index (χ1) is 11.8. The summed E-state index contributed by atoms with van der Waals surface area (Å²) in [4.78, 5) is 4.27. The molecule has 0 heterocycles. The van der Waals surface area contributed by atoms with Crippen LogP contribution in [0.4, 0.5) is 0 Å². The lowest BCUT2D eigenvalue weighted by Gasteiger charge is -2.14. The van der Waals surface area contributed by atoms with Gasteiger partial charge in [0.25, 0.3) is 0 Å². The van der Waals surface area contributed by atoms with Gasteiger partial charge in [-0.15, -0.1) is 0 Å². The van der Waals surface area contributed by atoms with Gasteiger partial charge >= 0.3 is 0 Å². The summed E-state index contributed by atoms with van der Waals surface area (Å²) in [5.74, 6) is 1.62. The lowest BCUT2D eigenvalue weighted by atomic mass is 10.1. The fourth-order valence-corrected chi connectivity index (χ4v) is 2.35. The molecule has 0 amide bonds. The molecule has 0 saturated carbocycles. The molecule has 2 aromatic carbocycles. The maximum absolute atomic E-state index is 5.24. The van der Waals surface area contributed by atoms with E-state index in [1.165, 1.54) is 16.7 Å².